The maximum absolute atomic E-state index is 13.6. The summed E-state index contributed by atoms with van der Waals surface area (Å²) in [6, 6.07) is 11.2. The van der Waals surface area contributed by atoms with E-state index < -0.39 is 5.92 Å². The van der Waals surface area contributed by atoms with Crippen molar-refractivity contribution in [2.45, 2.75) is 46.5 Å². The van der Waals surface area contributed by atoms with Gasteiger partial charge in [0.25, 0.3) is 0 Å². The Hall–Kier alpha value is -3.61. The fourth-order valence-electron chi connectivity index (χ4n) is 4.17. The van der Waals surface area contributed by atoms with E-state index in [-0.39, 0.29) is 18.1 Å². The number of ketones is 1. The van der Waals surface area contributed by atoms with Crippen molar-refractivity contribution in [1.29, 1.82) is 0 Å². The molecular weight excluding hydrogens is 418 g/mol. The number of fused-ring (bicyclic) bond motifs is 1. The summed E-state index contributed by atoms with van der Waals surface area (Å²) >= 11 is 0. The van der Waals surface area contributed by atoms with Crippen molar-refractivity contribution in [3.8, 4) is 17.2 Å². The van der Waals surface area contributed by atoms with Crippen LogP contribution in [0.4, 0.5) is 5.82 Å². The molecule has 1 N–H and O–H groups in total. The topological polar surface area (TPSA) is 82.5 Å². The smallest absolute Gasteiger partial charge is 0.226 e. The van der Waals surface area contributed by atoms with Crippen molar-refractivity contribution in [2.24, 2.45) is 0 Å². The van der Waals surface area contributed by atoms with Crippen molar-refractivity contribution < 1.29 is 19.1 Å². The predicted octanol–water partition coefficient (Wildman–Crippen LogP) is 4.90. The molecule has 3 aromatic rings. The molecule has 0 aliphatic carbocycles. The highest BCUT2D eigenvalue weighted by Gasteiger charge is 2.36. The Labute approximate surface area is 193 Å². The van der Waals surface area contributed by atoms with Crippen LogP contribution in [0.25, 0.3) is 5.69 Å². The van der Waals surface area contributed by atoms with Crippen LogP contribution in [0.15, 0.2) is 36.4 Å². The van der Waals surface area contributed by atoms with E-state index in [1.807, 2.05) is 45.9 Å². The number of nitrogens with one attached hydrogen (secondary N) is 1. The number of hydrogen-bond donors (Lipinski definition) is 1. The average molecular weight is 448 g/mol. The summed E-state index contributed by atoms with van der Waals surface area (Å²) in [5, 5.41) is 7.62. The third-order valence-corrected chi connectivity index (χ3v) is 6.06. The molecule has 1 aromatic heterocycles. The van der Waals surface area contributed by atoms with Crippen LogP contribution >= 0.6 is 0 Å². The molecule has 7 nitrogen and oxygen atoms in total. The van der Waals surface area contributed by atoms with Gasteiger partial charge in [-0.25, -0.2) is 4.68 Å². The monoisotopic (exact) mass is 447 g/mol. The average Bonchev–Trinajstić information content (AvgIpc) is 3.14. The molecule has 7 heteroatoms. The molecule has 2 aromatic carbocycles. The number of nitrogens with zero attached hydrogens (tertiary/aromatic N) is 2. The molecule has 0 saturated heterocycles. The Bertz CT molecular complexity index is 1230. The summed E-state index contributed by atoms with van der Waals surface area (Å²) in [6.07, 6.45) is 0.940. The number of carbonyl (C=O) groups excluding carboxylic acids is 2. The van der Waals surface area contributed by atoms with E-state index in [2.05, 4.69) is 10.4 Å². The number of carbonyl (C=O) groups is 2. The first-order chi connectivity index (χ1) is 15.8. The molecule has 0 fully saturated rings. The van der Waals surface area contributed by atoms with Gasteiger partial charge in [0.1, 0.15) is 5.82 Å². The number of Topliss-reactive ketones (excluding diaryl/α,β-unsaturated/α-hetero) is 1. The van der Waals surface area contributed by atoms with Crippen molar-refractivity contribution in [2.75, 3.05) is 19.0 Å². The van der Waals surface area contributed by atoms with Crippen LogP contribution in [0, 0.1) is 20.8 Å². The molecule has 33 heavy (non-hydrogen) atoms. The maximum Gasteiger partial charge on any atom is 0.226 e. The molecule has 0 saturated carbocycles. The molecule has 1 atom stereocenters. The molecule has 0 unspecified atom stereocenters. The highest BCUT2D eigenvalue weighted by Crippen LogP contribution is 2.39. The number of aryl methyl sites for hydroxylation is 3. The summed E-state index contributed by atoms with van der Waals surface area (Å²) in [6.45, 7) is 8.54. The molecular formula is C26H29N3O4. The third kappa shape index (κ3) is 4.23. The number of aromatic nitrogens is 2. The Kier molecular flexibility index (Phi) is 6.22. The van der Waals surface area contributed by atoms with E-state index in [0.717, 1.165) is 28.9 Å². The van der Waals surface area contributed by atoms with Gasteiger partial charge in [0.2, 0.25) is 5.91 Å². The summed E-state index contributed by atoms with van der Waals surface area (Å²) in [4.78, 5) is 26.2. The van der Waals surface area contributed by atoms with E-state index >= 15 is 0 Å². The molecule has 1 aliphatic heterocycles. The lowest BCUT2D eigenvalue weighted by atomic mass is 9.85. The molecule has 0 radical (unpaired) electrons. The second kappa shape index (κ2) is 9.10. The Morgan fingerprint density at radius 3 is 2.61 bits per heavy atom. The third-order valence-electron chi connectivity index (χ3n) is 6.06. The second-order valence-electron chi connectivity index (χ2n) is 8.41. The quantitative estimate of drug-likeness (QED) is 0.521. The van der Waals surface area contributed by atoms with Crippen LogP contribution < -0.4 is 14.8 Å². The first-order valence-electron chi connectivity index (χ1n) is 11.2. The van der Waals surface area contributed by atoms with Crippen LogP contribution in [0.2, 0.25) is 0 Å². The molecule has 4 rings (SSSR count). The minimum Gasteiger partial charge on any atom is -0.493 e. The fraction of sp³-hybridized carbons (Fsp3) is 0.346. The highest BCUT2D eigenvalue weighted by molar-refractivity contribution is 6.08. The number of ether oxygens (including phenoxy) is 2. The minimum atomic E-state index is -0.624. The van der Waals surface area contributed by atoms with Gasteiger partial charge < -0.3 is 14.8 Å². The number of rotatable bonds is 7. The normalized spacial score (nSPS) is 15.1. The van der Waals surface area contributed by atoms with Crippen molar-refractivity contribution in [1.82, 2.24) is 9.78 Å². The van der Waals surface area contributed by atoms with E-state index in [1.165, 1.54) is 5.56 Å². The van der Waals surface area contributed by atoms with Gasteiger partial charge in [-0.05, 0) is 68.7 Å². The van der Waals surface area contributed by atoms with E-state index in [0.29, 0.717) is 29.5 Å². The van der Waals surface area contributed by atoms with Gasteiger partial charge in [-0.15, -0.1) is 0 Å². The lowest BCUT2D eigenvalue weighted by molar-refractivity contribution is -0.116. The van der Waals surface area contributed by atoms with Crippen LogP contribution in [-0.2, 0) is 4.79 Å². The number of methoxy groups -OCH3 is 1. The van der Waals surface area contributed by atoms with Crippen LogP contribution in [0.3, 0.4) is 0 Å². The SMILES string of the molecule is CCCOc1ccc(C(=O)[C@H]2CC(=O)Nc3c2c(C)nn3-c2ccc(C)c(C)c2)cc1OC. The second-order valence-corrected chi connectivity index (χ2v) is 8.41. The summed E-state index contributed by atoms with van der Waals surface area (Å²) in [5.41, 5.74) is 5.09. The highest BCUT2D eigenvalue weighted by atomic mass is 16.5. The van der Waals surface area contributed by atoms with Gasteiger partial charge in [-0.3, -0.25) is 9.59 Å². The Morgan fingerprint density at radius 1 is 1.12 bits per heavy atom. The van der Waals surface area contributed by atoms with Crippen molar-refractivity contribution in [3.63, 3.8) is 0 Å². The van der Waals surface area contributed by atoms with Crippen LogP contribution in [0.1, 0.15) is 58.4 Å². The molecule has 1 aliphatic rings. The van der Waals surface area contributed by atoms with Gasteiger partial charge in [0.15, 0.2) is 17.3 Å². The van der Waals surface area contributed by atoms with Gasteiger partial charge in [-0.1, -0.05) is 13.0 Å². The molecule has 2 heterocycles. The van der Waals surface area contributed by atoms with Crippen molar-refractivity contribution >= 4 is 17.5 Å². The van der Waals surface area contributed by atoms with E-state index in [9.17, 15) is 9.59 Å². The standard InChI is InChI=1S/C26H29N3O4/c1-6-11-33-21-10-8-18(13-22(21)32-5)25(31)20-14-23(30)27-26-24(20)17(4)28-29(26)19-9-7-15(2)16(3)12-19/h7-10,12-13,20H,6,11,14H2,1-5H3,(H,27,30)/t20-/m0/s1. The Morgan fingerprint density at radius 2 is 1.91 bits per heavy atom. The number of anilines is 1. The summed E-state index contributed by atoms with van der Waals surface area (Å²) in [5.74, 6) is 0.672. The fourth-order valence-corrected chi connectivity index (χ4v) is 4.17. The molecule has 1 amide bonds. The van der Waals surface area contributed by atoms with Gasteiger partial charge >= 0.3 is 0 Å². The largest absolute Gasteiger partial charge is 0.493 e. The zero-order valence-electron chi connectivity index (χ0n) is 19.7. The molecule has 172 valence electrons. The number of hydrogen-bond acceptors (Lipinski definition) is 5. The summed E-state index contributed by atoms with van der Waals surface area (Å²) < 4.78 is 12.9. The zero-order chi connectivity index (χ0) is 23.7. The lowest BCUT2D eigenvalue weighted by Crippen LogP contribution is -2.28. The first-order valence-corrected chi connectivity index (χ1v) is 11.2. The van der Waals surface area contributed by atoms with Crippen LogP contribution in [-0.4, -0.2) is 35.2 Å². The summed E-state index contributed by atoms with van der Waals surface area (Å²) in [7, 11) is 1.55. The van der Waals surface area contributed by atoms with Crippen molar-refractivity contribution in [3.05, 3.63) is 64.3 Å². The lowest BCUT2D eigenvalue weighted by Gasteiger charge is -2.23. The van der Waals surface area contributed by atoms with E-state index in [1.54, 1.807) is 30.0 Å². The number of amides is 1. The van der Waals surface area contributed by atoms with Gasteiger partial charge in [0.05, 0.1) is 31.0 Å². The Balaban J connectivity index is 1.74. The van der Waals surface area contributed by atoms with Gasteiger partial charge in [0, 0.05) is 17.5 Å². The predicted molar refractivity (Wildman–Crippen MR) is 127 cm³/mol. The first kappa shape index (κ1) is 22.6. The van der Waals surface area contributed by atoms with Gasteiger partial charge in [-0.2, -0.15) is 5.10 Å². The van der Waals surface area contributed by atoms with Crippen LogP contribution in [0.5, 0.6) is 11.5 Å². The number of benzene rings is 2. The molecule has 0 bridgehead atoms. The zero-order valence-corrected chi connectivity index (χ0v) is 19.7. The maximum atomic E-state index is 13.6. The molecule has 0 spiro atoms. The van der Waals surface area contributed by atoms with E-state index in [4.69, 9.17) is 9.47 Å². The minimum absolute atomic E-state index is 0.0711.